The van der Waals surface area contributed by atoms with Crippen molar-refractivity contribution >= 4 is 0 Å². The fraction of sp³-hybridized carbons (Fsp3) is 0.474. The van der Waals surface area contributed by atoms with Crippen LogP contribution in [0.3, 0.4) is 0 Å². The average molecular weight is 325 g/mol. The molecule has 2 aromatic heterocycles. The largest absolute Gasteiger partial charge is 0.477 e. The Hall–Kier alpha value is -1.98. The molecule has 0 bridgehead atoms. The van der Waals surface area contributed by atoms with Gasteiger partial charge >= 0.3 is 0 Å². The van der Waals surface area contributed by atoms with Crippen molar-refractivity contribution in [1.29, 1.82) is 0 Å². The third-order valence-electron chi connectivity index (χ3n) is 4.94. The summed E-state index contributed by atoms with van der Waals surface area (Å²) in [5, 5.41) is 0. The Morgan fingerprint density at radius 1 is 1.08 bits per heavy atom. The van der Waals surface area contributed by atoms with Crippen LogP contribution in [0.2, 0.25) is 0 Å². The van der Waals surface area contributed by atoms with E-state index in [9.17, 15) is 0 Å². The zero-order valence-electron chi connectivity index (χ0n) is 13.8. The predicted octanol–water partition coefficient (Wildman–Crippen LogP) is 2.54. The summed E-state index contributed by atoms with van der Waals surface area (Å²) in [5.74, 6) is 1.23. The molecule has 5 heteroatoms. The van der Waals surface area contributed by atoms with Crippen molar-refractivity contribution in [2.75, 3.05) is 19.8 Å². The predicted molar refractivity (Wildman–Crippen MR) is 90.6 cm³/mol. The fourth-order valence-electron chi connectivity index (χ4n) is 3.79. The first-order chi connectivity index (χ1) is 11.9. The second-order valence-corrected chi connectivity index (χ2v) is 6.58. The van der Waals surface area contributed by atoms with E-state index >= 15 is 0 Å². The molecule has 0 radical (unpaired) electrons. The number of nitrogens with zero attached hydrogens (tertiary/aromatic N) is 3. The van der Waals surface area contributed by atoms with Crippen molar-refractivity contribution in [1.82, 2.24) is 14.9 Å². The SMILES string of the molecule is c1ccc(CN2CCO[C@@H]3C[C@H](COc4ccccn4)C[C@@H]32)nc1. The summed E-state index contributed by atoms with van der Waals surface area (Å²) in [6.45, 7) is 3.40. The van der Waals surface area contributed by atoms with Crippen LogP contribution in [0.15, 0.2) is 48.8 Å². The van der Waals surface area contributed by atoms with Gasteiger partial charge in [-0.1, -0.05) is 12.1 Å². The Balaban J connectivity index is 1.35. The summed E-state index contributed by atoms with van der Waals surface area (Å²) in [6.07, 6.45) is 6.13. The second-order valence-electron chi connectivity index (χ2n) is 6.58. The van der Waals surface area contributed by atoms with Crippen LogP contribution in [0.5, 0.6) is 5.88 Å². The molecule has 1 aliphatic heterocycles. The van der Waals surface area contributed by atoms with Crippen LogP contribution in [-0.2, 0) is 11.3 Å². The van der Waals surface area contributed by atoms with Crippen molar-refractivity contribution in [3.8, 4) is 5.88 Å². The summed E-state index contributed by atoms with van der Waals surface area (Å²) in [4.78, 5) is 11.2. The zero-order valence-corrected chi connectivity index (χ0v) is 13.8. The highest BCUT2D eigenvalue weighted by molar-refractivity contribution is 5.09. The minimum atomic E-state index is 0.319. The van der Waals surface area contributed by atoms with Gasteiger partial charge in [0.2, 0.25) is 5.88 Å². The number of fused-ring (bicyclic) bond motifs is 1. The molecule has 0 N–H and O–H groups in total. The van der Waals surface area contributed by atoms with Gasteiger partial charge in [0.05, 0.1) is 25.0 Å². The molecule has 1 saturated heterocycles. The second kappa shape index (κ2) is 7.28. The molecule has 2 fully saturated rings. The normalized spacial score (nSPS) is 26.9. The first-order valence-corrected chi connectivity index (χ1v) is 8.68. The van der Waals surface area contributed by atoms with Crippen LogP contribution in [0, 0.1) is 5.92 Å². The van der Waals surface area contributed by atoms with Gasteiger partial charge in [-0.3, -0.25) is 9.88 Å². The molecule has 1 aliphatic carbocycles. The Bertz CT molecular complexity index is 638. The van der Waals surface area contributed by atoms with E-state index < -0.39 is 0 Å². The maximum atomic E-state index is 6.02. The molecule has 2 aliphatic rings. The summed E-state index contributed by atoms with van der Waals surface area (Å²) >= 11 is 0. The van der Waals surface area contributed by atoms with E-state index in [1.165, 1.54) is 0 Å². The van der Waals surface area contributed by atoms with E-state index in [4.69, 9.17) is 9.47 Å². The van der Waals surface area contributed by atoms with Gasteiger partial charge in [-0.15, -0.1) is 0 Å². The molecule has 4 rings (SSSR count). The van der Waals surface area contributed by atoms with Crippen LogP contribution < -0.4 is 4.74 Å². The number of hydrogen-bond donors (Lipinski definition) is 0. The van der Waals surface area contributed by atoms with Crippen molar-refractivity contribution in [2.45, 2.75) is 31.5 Å². The number of ether oxygens (including phenoxy) is 2. The molecular weight excluding hydrogens is 302 g/mol. The molecular formula is C19H23N3O2. The summed E-state index contributed by atoms with van der Waals surface area (Å²) in [7, 11) is 0. The zero-order chi connectivity index (χ0) is 16.2. The van der Waals surface area contributed by atoms with Gasteiger partial charge in [-0.25, -0.2) is 4.98 Å². The number of aromatic nitrogens is 2. The van der Waals surface area contributed by atoms with E-state index in [0.717, 1.165) is 38.2 Å². The molecule has 0 spiro atoms. The summed E-state index contributed by atoms with van der Waals surface area (Å²) < 4.78 is 11.9. The summed E-state index contributed by atoms with van der Waals surface area (Å²) in [6, 6.07) is 12.4. The lowest BCUT2D eigenvalue weighted by atomic mass is 10.1. The van der Waals surface area contributed by atoms with Crippen LogP contribution in [0.1, 0.15) is 18.5 Å². The van der Waals surface area contributed by atoms with Gasteiger partial charge in [-0.2, -0.15) is 0 Å². The highest BCUT2D eigenvalue weighted by Crippen LogP contribution is 2.35. The Labute approximate surface area is 142 Å². The maximum absolute atomic E-state index is 6.02. The molecule has 0 aromatic carbocycles. The van der Waals surface area contributed by atoms with E-state index in [0.29, 0.717) is 30.6 Å². The average Bonchev–Trinajstić information content (AvgIpc) is 3.06. The fourth-order valence-corrected chi connectivity index (χ4v) is 3.79. The van der Waals surface area contributed by atoms with Crippen LogP contribution in [0.4, 0.5) is 0 Å². The minimum Gasteiger partial charge on any atom is -0.477 e. The Morgan fingerprint density at radius 2 is 1.96 bits per heavy atom. The van der Waals surface area contributed by atoms with Gasteiger partial charge in [0.15, 0.2) is 0 Å². The third kappa shape index (κ3) is 3.57. The third-order valence-corrected chi connectivity index (χ3v) is 4.94. The van der Waals surface area contributed by atoms with E-state index in [1.807, 2.05) is 30.5 Å². The Morgan fingerprint density at radius 3 is 2.75 bits per heavy atom. The maximum Gasteiger partial charge on any atom is 0.213 e. The monoisotopic (exact) mass is 325 g/mol. The molecule has 0 unspecified atom stereocenters. The van der Waals surface area contributed by atoms with Crippen molar-refractivity contribution < 1.29 is 9.47 Å². The highest BCUT2D eigenvalue weighted by atomic mass is 16.5. The molecule has 1 saturated carbocycles. The first-order valence-electron chi connectivity index (χ1n) is 8.68. The van der Waals surface area contributed by atoms with E-state index in [1.54, 1.807) is 6.20 Å². The number of morpholine rings is 1. The lowest BCUT2D eigenvalue weighted by molar-refractivity contribution is -0.0594. The molecule has 5 nitrogen and oxygen atoms in total. The molecule has 3 atom stereocenters. The van der Waals surface area contributed by atoms with Gasteiger partial charge in [0, 0.05) is 37.6 Å². The van der Waals surface area contributed by atoms with Gasteiger partial charge < -0.3 is 9.47 Å². The molecule has 0 amide bonds. The molecule has 2 aromatic rings. The highest BCUT2D eigenvalue weighted by Gasteiger charge is 2.41. The quantitative estimate of drug-likeness (QED) is 0.845. The minimum absolute atomic E-state index is 0.319. The van der Waals surface area contributed by atoms with Crippen molar-refractivity contribution in [2.24, 2.45) is 5.92 Å². The van der Waals surface area contributed by atoms with E-state index in [2.05, 4.69) is 27.0 Å². The lowest BCUT2D eigenvalue weighted by Gasteiger charge is -2.37. The van der Waals surface area contributed by atoms with Gasteiger partial charge in [-0.05, 0) is 37.0 Å². The lowest BCUT2D eigenvalue weighted by Crippen LogP contribution is -2.47. The summed E-state index contributed by atoms with van der Waals surface area (Å²) in [5.41, 5.74) is 1.13. The topological polar surface area (TPSA) is 47.5 Å². The van der Waals surface area contributed by atoms with Crippen molar-refractivity contribution in [3.05, 3.63) is 54.5 Å². The molecule has 24 heavy (non-hydrogen) atoms. The van der Waals surface area contributed by atoms with Gasteiger partial charge in [0.1, 0.15) is 0 Å². The number of rotatable bonds is 5. The van der Waals surface area contributed by atoms with E-state index in [-0.39, 0.29) is 0 Å². The number of hydrogen-bond acceptors (Lipinski definition) is 5. The standard InChI is InChI=1S/C19H23N3O2/c1-3-7-20-16(5-1)13-22-9-10-23-18-12-15(11-17(18)22)14-24-19-6-2-4-8-21-19/h1-8,15,17-18H,9-14H2/t15-,17+,18-/m1/s1. The number of pyridine rings is 2. The van der Waals surface area contributed by atoms with Gasteiger partial charge in [0.25, 0.3) is 0 Å². The van der Waals surface area contributed by atoms with Crippen LogP contribution in [-0.4, -0.2) is 46.8 Å². The smallest absolute Gasteiger partial charge is 0.213 e. The van der Waals surface area contributed by atoms with Crippen molar-refractivity contribution in [3.63, 3.8) is 0 Å². The van der Waals surface area contributed by atoms with Crippen LogP contribution in [0.25, 0.3) is 0 Å². The molecule has 126 valence electrons. The first kappa shape index (κ1) is 15.5. The molecule has 3 heterocycles. The van der Waals surface area contributed by atoms with Crippen LogP contribution >= 0.6 is 0 Å². The Kier molecular flexibility index (Phi) is 4.71.